The van der Waals surface area contributed by atoms with Crippen LogP contribution in [0.3, 0.4) is 0 Å². The molecule has 2 aromatic carbocycles. The van der Waals surface area contributed by atoms with Crippen molar-refractivity contribution in [1.82, 2.24) is 9.55 Å². The van der Waals surface area contributed by atoms with E-state index < -0.39 is 11.7 Å². The Morgan fingerprint density at radius 3 is 2.96 bits per heavy atom. The zero-order chi connectivity index (χ0) is 18.1. The zero-order valence-corrected chi connectivity index (χ0v) is 15.0. The molecule has 0 aliphatic heterocycles. The monoisotopic (exact) mass is 388 g/mol. The predicted molar refractivity (Wildman–Crippen MR) is 99.5 cm³/mol. The third-order valence-electron chi connectivity index (χ3n) is 3.86. The number of carbonyl (C=O) groups is 1. The van der Waals surface area contributed by atoms with Crippen LogP contribution < -0.4 is 5.76 Å². The summed E-state index contributed by atoms with van der Waals surface area (Å²) in [7, 11) is 0. The van der Waals surface area contributed by atoms with E-state index in [1.807, 2.05) is 24.3 Å². The van der Waals surface area contributed by atoms with Crippen molar-refractivity contribution < 1.29 is 13.9 Å². The van der Waals surface area contributed by atoms with Crippen LogP contribution in [0.2, 0.25) is 5.02 Å². The number of aryl methyl sites for hydroxylation is 1. The maximum absolute atomic E-state index is 12.0. The molecular weight excluding hydrogens is 376 g/mol. The van der Waals surface area contributed by atoms with Crippen LogP contribution in [0.5, 0.6) is 0 Å². The summed E-state index contributed by atoms with van der Waals surface area (Å²) in [6.07, 6.45) is 0.0576. The van der Waals surface area contributed by atoms with Gasteiger partial charge < -0.3 is 9.15 Å². The molecule has 0 atom stereocenters. The maximum atomic E-state index is 12.0. The van der Waals surface area contributed by atoms with Crippen molar-refractivity contribution in [2.45, 2.75) is 19.6 Å². The number of aromatic nitrogens is 2. The summed E-state index contributed by atoms with van der Waals surface area (Å²) in [5.41, 5.74) is 1.88. The Balaban J connectivity index is 1.39. The Labute approximate surface area is 156 Å². The highest BCUT2D eigenvalue weighted by Gasteiger charge is 2.13. The normalized spacial score (nSPS) is 11.3. The third kappa shape index (κ3) is 3.36. The highest BCUT2D eigenvalue weighted by molar-refractivity contribution is 7.18. The number of benzene rings is 2. The van der Waals surface area contributed by atoms with Gasteiger partial charge in [0.2, 0.25) is 0 Å². The summed E-state index contributed by atoms with van der Waals surface area (Å²) in [4.78, 5) is 28.4. The van der Waals surface area contributed by atoms with Crippen LogP contribution in [-0.2, 0) is 22.7 Å². The second-order valence-corrected chi connectivity index (χ2v) is 7.17. The Morgan fingerprint density at radius 2 is 2.12 bits per heavy atom. The molecule has 0 radical (unpaired) electrons. The van der Waals surface area contributed by atoms with Crippen LogP contribution in [0.4, 0.5) is 0 Å². The van der Waals surface area contributed by atoms with E-state index in [0.29, 0.717) is 16.1 Å². The average Bonchev–Trinajstić information content (AvgIpc) is 3.17. The number of ether oxygens (including phenoxy) is 1. The van der Waals surface area contributed by atoms with E-state index >= 15 is 0 Å². The smallest absolute Gasteiger partial charge is 0.419 e. The molecule has 6 nitrogen and oxygen atoms in total. The van der Waals surface area contributed by atoms with Gasteiger partial charge in [0, 0.05) is 17.6 Å². The SMILES string of the molecule is O=C(CCn1c(=O)oc2cc(Cl)ccc21)OCc1nc2ccccc2s1. The molecule has 0 saturated carbocycles. The van der Waals surface area contributed by atoms with Crippen molar-refractivity contribution >= 4 is 50.2 Å². The van der Waals surface area contributed by atoms with Crippen LogP contribution in [0.1, 0.15) is 11.4 Å². The number of oxazole rings is 1. The standard InChI is InChI=1S/C18H13ClN2O4S/c19-11-5-6-13-14(9-11)25-18(23)21(13)8-7-17(22)24-10-16-20-12-3-1-2-4-15(12)26-16/h1-6,9H,7-8,10H2. The van der Waals surface area contributed by atoms with Gasteiger partial charge in [-0.2, -0.15) is 0 Å². The van der Waals surface area contributed by atoms with E-state index in [-0.39, 0.29) is 19.6 Å². The Bertz CT molecular complexity index is 1130. The lowest BCUT2D eigenvalue weighted by molar-refractivity contribution is -0.145. The van der Waals surface area contributed by atoms with E-state index in [0.717, 1.165) is 15.2 Å². The molecule has 0 N–H and O–H groups in total. The topological polar surface area (TPSA) is 74.3 Å². The lowest BCUT2D eigenvalue weighted by Crippen LogP contribution is -2.17. The second-order valence-electron chi connectivity index (χ2n) is 5.62. The lowest BCUT2D eigenvalue weighted by Gasteiger charge is -2.03. The number of fused-ring (bicyclic) bond motifs is 2. The van der Waals surface area contributed by atoms with Gasteiger partial charge >= 0.3 is 11.7 Å². The number of esters is 1. The van der Waals surface area contributed by atoms with Crippen LogP contribution in [0.25, 0.3) is 21.3 Å². The van der Waals surface area contributed by atoms with Gasteiger partial charge in [-0.25, -0.2) is 9.78 Å². The largest absolute Gasteiger partial charge is 0.458 e. The van der Waals surface area contributed by atoms with Gasteiger partial charge in [0.25, 0.3) is 0 Å². The van der Waals surface area contributed by atoms with E-state index in [9.17, 15) is 9.59 Å². The van der Waals surface area contributed by atoms with E-state index in [2.05, 4.69) is 4.98 Å². The molecule has 2 aromatic heterocycles. The summed E-state index contributed by atoms with van der Waals surface area (Å²) in [5.74, 6) is -0.930. The van der Waals surface area contributed by atoms with Gasteiger partial charge in [-0.05, 0) is 24.3 Å². The predicted octanol–water partition coefficient (Wildman–Crippen LogP) is 3.99. The van der Waals surface area contributed by atoms with Gasteiger partial charge in [-0.1, -0.05) is 23.7 Å². The first-order valence-electron chi connectivity index (χ1n) is 7.89. The minimum atomic E-state index is -0.527. The number of hydrogen-bond acceptors (Lipinski definition) is 6. The minimum Gasteiger partial charge on any atom is -0.458 e. The molecule has 2 heterocycles. The minimum absolute atomic E-state index is 0.0576. The number of carbonyl (C=O) groups excluding carboxylic acids is 1. The first-order valence-corrected chi connectivity index (χ1v) is 9.08. The number of para-hydroxylation sites is 1. The molecule has 0 amide bonds. The van der Waals surface area contributed by atoms with Crippen LogP contribution >= 0.6 is 22.9 Å². The fraction of sp³-hybridized carbons (Fsp3) is 0.167. The van der Waals surface area contributed by atoms with Crippen molar-refractivity contribution in [3.05, 3.63) is 63.0 Å². The van der Waals surface area contributed by atoms with Crippen LogP contribution in [0.15, 0.2) is 51.7 Å². The average molecular weight is 389 g/mol. The van der Waals surface area contributed by atoms with Crippen LogP contribution in [0, 0.1) is 0 Å². The van der Waals surface area contributed by atoms with E-state index in [1.165, 1.54) is 15.9 Å². The molecule has 0 spiro atoms. The van der Waals surface area contributed by atoms with Crippen molar-refractivity contribution in [3.8, 4) is 0 Å². The summed E-state index contributed by atoms with van der Waals surface area (Å²) >= 11 is 7.38. The van der Waals surface area contributed by atoms with Crippen molar-refractivity contribution in [1.29, 1.82) is 0 Å². The molecule has 0 aliphatic rings. The Hall–Kier alpha value is -2.64. The Morgan fingerprint density at radius 1 is 1.27 bits per heavy atom. The molecule has 132 valence electrons. The molecule has 8 heteroatoms. The number of nitrogens with zero attached hydrogens (tertiary/aromatic N) is 2. The quantitative estimate of drug-likeness (QED) is 0.483. The van der Waals surface area contributed by atoms with Gasteiger partial charge in [0.05, 0.1) is 22.2 Å². The molecular formula is C18H13ClN2O4S. The summed E-state index contributed by atoms with van der Waals surface area (Å²) in [6.45, 7) is 0.293. The molecule has 0 fully saturated rings. The van der Waals surface area contributed by atoms with Crippen molar-refractivity contribution in [2.24, 2.45) is 0 Å². The highest BCUT2D eigenvalue weighted by Crippen LogP contribution is 2.22. The molecule has 4 rings (SSSR count). The van der Waals surface area contributed by atoms with E-state index in [4.69, 9.17) is 20.8 Å². The third-order valence-corrected chi connectivity index (χ3v) is 5.11. The van der Waals surface area contributed by atoms with Gasteiger partial charge in [-0.15, -0.1) is 11.3 Å². The zero-order valence-electron chi connectivity index (χ0n) is 13.5. The van der Waals surface area contributed by atoms with Gasteiger partial charge in [0.1, 0.15) is 11.6 Å². The number of hydrogen-bond donors (Lipinski definition) is 0. The molecule has 0 bridgehead atoms. The number of halogens is 1. The fourth-order valence-corrected chi connectivity index (χ4v) is 3.69. The molecule has 0 aliphatic carbocycles. The lowest BCUT2D eigenvalue weighted by atomic mass is 10.3. The number of rotatable bonds is 5. The highest BCUT2D eigenvalue weighted by atomic mass is 35.5. The first kappa shape index (κ1) is 16.8. The molecule has 26 heavy (non-hydrogen) atoms. The molecule has 0 saturated heterocycles. The molecule has 4 aromatic rings. The van der Waals surface area contributed by atoms with Gasteiger partial charge in [-0.3, -0.25) is 9.36 Å². The van der Waals surface area contributed by atoms with Crippen molar-refractivity contribution in [3.63, 3.8) is 0 Å². The summed E-state index contributed by atoms with van der Waals surface area (Å²) in [5, 5.41) is 1.22. The van der Waals surface area contributed by atoms with Crippen LogP contribution in [-0.4, -0.2) is 15.5 Å². The van der Waals surface area contributed by atoms with Crippen molar-refractivity contribution in [2.75, 3.05) is 0 Å². The van der Waals surface area contributed by atoms with E-state index in [1.54, 1.807) is 18.2 Å². The Kier molecular flexibility index (Phi) is 4.48. The number of thiazole rings is 1. The van der Waals surface area contributed by atoms with Gasteiger partial charge in [0.15, 0.2) is 5.58 Å². The first-order chi connectivity index (χ1) is 12.6. The maximum Gasteiger partial charge on any atom is 0.419 e. The summed E-state index contributed by atoms with van der Waals surface area (Å²) < 4.78 is 12.8. The fourth-order valence-electron chi connectivity index (χ4n) is 2.65. The second kappa shape index (κ2) is 6.93. The molecule has 0 unspecified atom stereocenters. The summed E-state index contributed by atoms with van der Waals surface area (Å²) in [6, 6.07) is 12.7.